The van der Waals surface area contributed by atoms with Crippen molar-refractivity contribution in [1.29, 1.82) is 0 Å². The van der Waals surface area contributed by atoms with E-state index in [0.29, 0.717) is 11.8 Å². The van der Waals surface area contributed by atoms with Crippen LogP contribution in [0.4, 0.5) is 0 Å². The molecule has 0 bridgehead atoms. The first-order valence-electron chi connectivity index (χ1n) is 13.2. The molecule has 14 nitrogen and oxygen atoms in total. The molecule has 0 aliphatic heterocycles. The fourth-order valence-corrected chi connectivity index (χ4v) is 4.11. The molecule has 14 heteroatoms. The molecule has 41 heavy (non-hydrogen) atoms. The molecule has 1 aromatic carbocycles. The number of fused-ring (bicyclic) bond motifs is 1. The molecule has 0 fully saturated rings. The molecular formula is C27H39N7O7. The average Bonchev–Trinajstić information content (AvgIpc) is 3.32. The number of hydrogen-bond acceptors (Lipinski definition) is 8. The van der Waals surface area contributed by atoms with E-state index in [0.717, 1.165) is 10.9 Å². The minimum Gasteiger partial charge on any atom is -0.394 e. The fourth-order valence-electron chi connectivity index (χ4n) is 4.11. The Bertz CT molecular complexity index is 1240. The van der Waals surface area contributed by atoms with Crippen LogP contribution in [0.15, 0.2) is 30.5 Å². The number of aliphatic hydroxyl groups is 1. The van der Waals surface area contributed by atoms with E-state index in [2.05, 4.69) is 26.3 Å². The van der Waals surface area contributed by atoms with E-state index in [9.17, 15) is 33.9 Å². The molecule has 1 heterocycles. The van der Waals surface area contributed by atoms with Gasteiger partial charge in [0, 0.05) is 23.5 Å². The monoisotopic (exact) mass is 573 g/mol. The molecule has 5 atom stereocenters. The zero-order valence-corrected chi connectivity index (χ0v) is 23.3. The first-order chi connectivity index (χ1) is 19.4. The van der Waals surface area contributed by atoms with Crippen LogP contribution in [-0.4, -0.2) is 82.7 Å². The van der Waals surface area contributed by atoms with Crippen molar-refractivity contribution in [2.75, 3.05) is 6.61 Å². The fraction of sp³-hybridized carbons (Fsp3) is 0.481. The van der Waals surface area contributed by atoms with Gasteiger partial charge in [-0.15, -0.1) is 0 Å². The molecule has 0 saturated carbocycles. The number of nitrogens with two attached hydrogens (primary N) is 2. The van der Waals surface area contributed by atoms with E-state index >= 15 is 0 Å². The van der Waals surface area contributed by atoms with Gasteiger partial charge in [0.1, 0.15) is 24.4 Å². The minimum absolute atomic E-state index is 0.00971. The molecule has 2 aromatic rings. The molecule has 10 N–H and O–H groups in total. The second-order valence-corrected chi connectivity index (χ2v) is 10.3. The lowest BCUT2D eigenvalue weighted by molar-refractivity contribution is -0.135. The predicted molar refractivity (Wildman–Crippen MR) is 150 cm³/mol. The van der Waals surface area contributed by atoms with Crippen molar-refractivity contribution < 1.29 is 33.9 Å². The number of benzene rings is 1. The third-order valence-electron chi connectivity index (χ3n) is 6.21. The topological polar surface area (TPSA) is 239 Å². The van der Waals surface area contributed by atoms with Crippen LogP contribution in [0.25, 0.3) is 10.9 Å². The van der Waals surface area contributed by atoms with E-state index in [1.54, 1.807) is 6.20 Å². The third kappa shape index (κ3) is 9.99. The van der Waals surface area contributed by atoms with E-state index in [1.165, 1.54) is 6.92 Å². The summed E-state index contributed by atoms with van der Waals surface area (Å²) in [5, 5.41) is 20.4. The number of primary amides is 1. The Morgan fingerprint density at radius 2 is 1.49 bits per heavy atom. The number of carbonyl (C=O) groups excluding carboxylic acids is 6. The van der Waals surface area contributed by atoms with Gasteiger partial charge >= 0.3 is 0 Å². The van der Waals surface area contributed by atoms with Gasteiger partial charge in [0.15, 0.2) is 0 Å². The number of aromatic nitrogens is 1. The zero-order valence-electron chi connectivity index (χ0n) is 23.3. The highest BCUT2D eigenvalue weighted by molar-refractivity contribution is 5.96. The van der Waals surface area contributed by atoms with Gasteiger partial charge in [0.05, 0.1) is 25.1 Å². The van der Waals surface area contributed by atoms with Crippen LogP contribution in [0.3, 0.4) is 0 Å². The van der Waals surface area contributed by atoms with Gasteiger partial charge in [-0.25, -0.2) is 0 Å². The summed E-state index contributed by atoms with van der Waals surface area (Å²) in [5.74, 6) is -3.81. The summed E-state index contributed by atoms with van der Waals surface area (Å²) in [6.07, 6.45) is 1.82. The second-order valence-electron chi connectivity index (χ2n) is 10.3. The highest BCUT2D eigenvalue weighted by Crippen LogP contribution is 2.19. The second kappa shape index (κ2) is 15.5. The Labute approximate surface area is 237 Å². The number of para-hydroxylation sites is 1. The first kappa shape index (κ1) is 32.9. The van der Waals surface area contributed by atoms with E-state index in [1.807, 2.05) is 38.1 Å². The maximum absolute atomic E-state index is 13.5. The van der Waals surface area contributed by atoms with E-state index < -0.39 is 72.8 Å². The molecule has 0 spiro atoms. The number of nitrogens with one attached hydrogen (secondary N) is 5. The third-order valence-corrected chi connectivity index (χ3v) is 6.21. The number of aromatic amines is 1. The van der Waals surface area contributed by atoms with Crippen LogP contribution in [0.2, 0.25) is 0 Å². The van der Waals surface area contributed by atoms with Crippen molar-refractivity contribution in [3.63, 3.8) is 0 Å². The maximum atomic E-state index is 13.5. The number of aldehydes is 1. The number of carbonyl (C=O) groups is 6. The first-order valence-corrected chi connectivity index (χ1v) is 13.2. The van der Waals surface area contributed by atoms with Crippen molar-refractivity contribution in [2.45, 2.75) is 70.2 Å². The van der Waals surface area contributed by atoms with E-state index in [-0.39, 0.29) is 18.8 Å². The van der Waals surface area contributed by atoms with Crippen LogP contribution in [0.5, 0.6) is 0 Å². The SMILES string of the molecule is CC(C)C[C@H](NC(=O)[C@H](CO)NC(=O)[C@H](C)N)C(=O)N[C@@H](Cc1c[nH]c2ccccc12)C(=O)N[C@H](C=O)CC(N)=O. The van der Waals surface area contributed by atoms with Gasteiger partial charge in [-0.1, -0.05) is 32.0 Å². The van der Waals surface area contributed by atoms with Gasteiger partial charge in [-0.2, -0.15) is 0 Å². The largest absolute Gasteiger partial charge is 0.394 e. The van der Waals surface area contributed by atoms with E-state index in [4.69, 9.17) is 11.5 Å². The minimum atomic E-state index is -1.36. The lowest BCUT2D eigenvalue weighted by Gasteiger charge is -2.26. The lowest BCUT2D eigenvalue weighted by atomic mass is 10.00. The van der Waals surface area contributed by atoms with Gasteiger partial charge in [0.2, 0.25) is 29.5 Å². The van der Waals surface area contributed by atoms with Crippen LogP contribution >= 0.6 is 0 Å². The van der Waals surface area contributed by atoms with Gasteiger partial charge in [-0.05, 0) is 30.9 Å². The van der Waals surface area contributed by atoms with Crippen molar-refractivity contribution in [2.24, 2.45) is 17.4 Å². The smallest absolute Gasteiger partial charge is 0.245 e. The summed E-state index contributed by atoms with van der Waals surface area (Å²) in [7, 11) is 0. The van der Waals surface area contributed by atoms with Crippen LogP contribution < -0.4 is 32.7 Å². The molecular weight excluding hydrogens is 534 g/mol. The standard InChI is InChI=1S/C27H39N7O7/c1-14(2)8-20(32-27(41)22(13-36)34-24(38)15(3)28)26(40)33-21(25(39)31-17(12-35)10-23(29)37)9-16-11-30-19-7-5-4-6-18(16)19/h4-7,11-12,14-15,17,20-22,30,36H,8-10,13,28H2,1-3H3,(H2,29,37)(H,31,39)(H,32,41)(H,33,40)(H,34,38)/t15-,17-,20-,21-,22-/m0/s1. The Balaban J connectivity index is 2.31. The molecule has 0 radical (unpaired) electrons. The van der Waals surface area contributed by atoms with Crippen LogP contribution in [0, 0.1) is 5.92 Å². The molecule has 0 saturated heterocycles. The molecule has 0 aliphatic rings. The number of aliphatic hydroxyl groups excluding tert-OH is 1. The number of rotatable bonds is 16. The Morgan fingerprint density at radius 1 is 0.902 bits per heavy atom. The summed E-state index contributed by atoms with van der Waals surface area (Å²) in [6.45, 7) is 4.32. The predicted octanol–water partition coefficient (Wildman–Crippen LogP) is -1.89. The van der Waals surface area contributed by atoms with Gasteiger partial charge in [-0.3, -0.25) is 24.0 Å². The Morgan fingerprint density at radius 3 is 2.07 bits per heavy atom. The van der Waals surface area contributed by atoms with Gasteiger partial charge in [0.25, 0.3) is 0 Å². The van der Waals surface area contributed by atoms with Crippen molar-refractivity contribution in [3.05, 3.63) is 36.0 Å². The van der Waals surface area contributed by atoms with Gasteiger partial charge < -0.3 is 47.6 Å². The summed E-state index contributed by atoms with van der Waals surface area (Å²) >= 11 is 0. The molecule has 5 amide bonds. The summed E-state index contributed by atoms with van der Waals surface area (Å²) < 4.78 is 0. The Hall–Kier alpha value is -4.30. The Kier molecular flexibility index (Phi) is 12.4. The molecule has 224 valence electrons. The molecule has 0 aliphatic carbocycles. The number of hydrogen-bond donors (Lipinski definition) is 8. The maximum Gasteiger partial charge on any atom is 0.245 e. The average molecular weight is 574 g/mol. The quantitative estimate of drug-likeness (QED) is 0.105. The van der Waals surface area contributed by atoms with Crippen molar-refractivity contribution in [1.82, 2.24) is 26.3 Å². The molecule has 2 rings (SSSR count). The lowest BCUT2D eigenvalue weighted by Crippen LogP contribution is -2.59. The van der Waals surface area contributed by atoms with Crippen molar-refractivity contribution in [3.8, 4) is 0 Å². The molecule has 0 unspecified atom stereocenters. The summed E-state index contributed by atoms with van der Waals surface area (Å²) in [5.41, 5.74) is 12.2. The van der Waals surface area contributed by atoms with Crippen molar-refractivity contribution >= 4 is 46.7 Å². The van der Waals surface area contributed by atoms with Crippen LogP contribution in [0.1, 0.15) is 39.2 Å². The number of amides is 5. The highest BCUT2D eigenvalue weighted by atomic mass is 16.3. The summed E-state index contributed by atoms with van der Waals surface area (Å²) in [6, 6.07) is 1.49. The zero-order chi connectivity index (χ0) is 30.7. The number of H-pyrrole nitrogens is 1. The molecule has 1 aromatic heterocycles. The highest BCUT2D eigenvalue weighted by Gasteiger charge is 2.31. The normalized spacial score (nSPS) is 14.8. The van der Waals surface area contributed by atoms with Crippen LogP contribution in [-0.2, 0) is 35.2 Å². The summed E-state index contributed by atoms with van der Waals surface area (Å²) in [4.78, 5) is 77.4.